The number of hydrogen-bond donors (Lipinski definition) is 2. The van der Waals surface area contributed by atoms with Gasteiger partial charge in [-0.3, -0.25) is 9.63 Å². The summed E-state index contributed by atoms with van der Waals surface area (Å²) in [7, 11) is 0. The van der Waals surface area contributed by atoms with Crippen LogP contribution in [-0.2, 0) is 9.63 Å². The van der Waals surface area contributed by atoms with E-state index in [0.717, 1.165) is 25.9 Å². The molecular weight excluding hydrogens is 214 g/mol. The van der Waals surface area contributed by atoms with Crippen LogP contribution in [0.3, 0.4) is 0 Å². The van der Waals surface area contributed by atoms with E-state index in [1.807, 2.05) is 0 Å². The molecule has 7 heteroatoms. The molecule has 0 unspecified atom stereocenters. The third-order valence-electron chi connectivity index (χ3n) is 2.52. The normalized spacial score (nSPS) is 17.9. The maximum Gasteiger partial charge on any atom is 0.295 e. The van der Waals surface area contributed by atoms with Crippen LogP contribution in [0.4, 0.5) is 0 Å². The molecule has 0 atom stereocenters. The molecule has 1 rings (SSSR count). The van der Waals surface area contributed by atoms with E-state index < -0.39 is 16.6 Å². The van der Waals surface area contributed by atoms with E-state index in [1.54, 1.807) is 0 Å². The van der Waals surface area contributed by atoms with Gasteiger partial charge in [-0.05, 0) is 39.8 Å². The first-order valence-corrected chi connectivity index (χ1v) is 5.27. The van der Waals surface area contributed by atoms with Crippen molar-refractivity contribution in [1.29, 1.82) is 0 Å². The molecule has 2 N–H and O–H groups in total. The van der Waals surface area contributed by atoms with Gasteiger partial charge in [0, 0.05) is 6.04 Å². The van der Waals surface area contributed by atoms with Crippen molar-refractivity contribution in [3.05, 3.63) is 10.1 Å². The van der Waals surface area contributed by atoms with Gasteiger partial charge in [0.15, 0.2) is 5.60 Å². The van der Waals surface area contributed by atoms with E-state index in [4.69, 9.17) is 0 Å². The molecular formula is C9H17N3O4. The predicted octanol–water partition coefficient (Wildman–Crippen LogP) is -0.159. The summed E-state index contributed by atoms with van der Waals surface area (Å²) in [5.74, 6) is -0.448. The second-order valence-electron chi connectivity index (χ2n) is 4.32. The minimum absolute atomic E-state index is 0.0726. The summed E-state index contributed by atoms with van der Waals surface area (Å²) in [6.45, 7) is 4.46. The maximum atomic E-state index is 11.7. The molecule has 1 fully saturated rings. The van der Waals surface area contributed by atoms with Crippen LogP contribution in [-0.4, -0.2) is 35.7 Å². The maximum absolute atomic E-state index is 11.7. The van der Waals surface area contributed by atoms with Gasteiger partial charge in [0.05, 0.1) is 0 Å². The molecule has 16 heavy (non-hydrogen) atoms. The highest BCUT2D eigenvalue weighted by molar-refractivity contribution is 5.84. The number of amides is 1. The predicted molar refractivity (Wildman–Crippen MR) is 56.2 cm³/mol. The van der Waals surface area contributed by atoms with Crippen LogP contribution in [0.15, 0.2) is 0 Å². The smallest absolute Gasteiger partial charge is 0.295 e. The Labute approximate surface area is 93.6 Å². The Morgan fingerprint density at radius 3 is 2.56 bits per heavy atom. The van der Waals surface area contributed by atoms with Gasteiger partial charge in [0.25, 0.3) is 11.0 Å². The summed E-state index contributed by atoms with van der Waals surface area (Å²) in [6.07, 6.45) is 1.67. The quantitative estimate of drug-likeness (QED) is 0.518. The minimum Gasteiger partial charge on any atom is -0.351 e. The van der Waals surface area contributed by atoms with Crippen LogP contribution >= 0.6 is 0 Å². The van der Waals surface area contributed by atoms with E-state index >= 15 is 0 Å². The molecule has 1 aliphatic rings. The van der Waals surface area contributed by atoms with Crippen LogP contribution < -0.4 is 10.6 Å². The third-order valence-corrected chi connectivity index (χ3v) is 2.52. The molecule has 1 amide bonds. The summed E-state index contributed by atoms with van der Waals surface area (Å²) in [4.78, 5) is 26.2. The molecule has 1 heterocycles. The fourth-order valence-electron chi connectivity index (χ4n) is 1.55. The number of piperidine rings is 1. The molecule has 0 aromatic carbocycles. The molecule has 1 aliphatic heterocycles. The average molecular weight is 231 g/mol. The summed E-state index contributed by atoms with van der Waals surface area (Å²) in [6, 6.07) is 0.0726. The lowest BCUT2D eigenvalue weighted by Crippen LogP contribution is -2.51. The third kappa shape index (κ3) is 3.65. The number of nitrogens with one attached hydrogen (secondary N) is 2. The fourth-order valence-corrected chi connectivity index (χ4v) is 1.55. The Morgan fingerprint density at radius 2 is 2.06 bits per heavy atom. The molecule has 92 valence electrons. The molecule has 0 bridgehead atoms. The van der Waals surface area contributed by atoms with Gasteiger partial charge in [0.1, 0.15) is 0 Å². The summed E-state index contributed by atoms with van der Waals surface area (Å²) in [5.41, 5.74) is -1.44. The van der Waals surface area contributed by atoms with Crippen molar-refractivity contribution < 1.29 is 14.7 Å². The van der Waals surface area contributed by atoms with Gasteiger partial charge in [-0.2, -0.15) is 0 Å². The van der Waals surface area contributed by atoms with E-state index in [9.17, 15) is 14.9 Å². The number of carbonyl (C=O) groups is 1. The highest BCUT2D eigenvalue weighted by atomic mass is 17.0. The monoisotopic (exact) mass is 231 g/mol. The number of nitrogens with zero attached hydrogens (tertiary/aromatic N) is 1. The average Bonchev–Trinajstić information content (AvgIpc) is 2.17. The van der Waals surface area contributed by atoms with Crippen molar-refractivity contribution in [1.82, 2.24) is 10.6 Å². The molecule has 0 saturated carbocycles. The Morgan fingerprint density at radius 1 is 1.50 bits per heavy atom. The topological polar surface area (TPSA) is 93.5 Å². The highest BCUT2D eigenvalue weighted by Crippen LogP contribution is 2.11. The Hall–Kier alpha value is -1.37. The number of hydrogen-bond acceptors (Lipinski definition) is 5. The van der Waals surface area contributed by atoms with E-state index in [0.29, 0.717) is 0 Å². The number of rotatable bonds is 4. The molecule has 0 aromatic heterocycles. The van der Waals surface area contributed by atoms with Crippen LogP contribution in [0.1, 0.15) is 26.7 Å². The van der Waals surface area contributed by atoms with Gasteiger partial charge in [-0.1, -0.05) is 0 Å². The van der Waals surface area contributed by atoms with Gasteiger partial charge < -0.3 is 10.6 Å². The van der Waals surface area contributed by atoms with Crippen molar-refractivity contribution in [2.24, 2.45) is 0 Å². The second-order valence-corrected chi connectivity index (χ2v) is 4.32. The molecule has 1 saturated heterocycles. The van der Waals surface area contributed by atoms with Crippen molar-refractivity contribution in [3.63, 3.8) is 0 Å². The Balaban J connectivity index is 2.46. The van der Waals surface area contributed by atoms with Crippen LogP contribution in [0.5, 0.6) is 0 Å². The molecule has 0 aliphatic carbocycles. The first-order valence-electron chi connectivity index (χ1n) is 5.27. The number of carbonyl (C=O) groups excluding carboxylic acids is 1. The summed E-state index contributed by atoms with van der Waals surface area (Å²) < 4.78 is 0. The zero-order valence-electron chi connectivity index (χ0n) is 9.49. The largest absolute Gasteiger partial charge is 0.351 e. The first kappa shape index (κ1) is 12.7. The summed E-state index contributed by atoms with van der Waals surface area (Å²) >= 11 is 0. The molecule has 0 spiro atoms. The zero-order valence-corrected chi connectivity index (χ0v) is 9.49. The van der Waals surface area contributed by atoms with E-state index in [-0.39, 0.29) is 6.04 Å². The molecule has 0 radical (unpaired) electrons. The lowest BCUT2D eigenvalue weighted by Gasteiger charge is -2.28. The highest BCUT2D eigenvalue weighted by Gasteiger charge is 2.33. The lowest BCUT2D eigenvalue weighted by atomic mass is 10.0. The van der Waals surface area contributed by atoms with Crippen molar-refractivity contribution >= 4 is 5.91 Å². The lowest BCUT2D eigenvalue weighted by molar-refractivity contribution is -0.774. The van der Waals surface area contributed by atoms with Gasteiger partial charge in [0.2, 0.25) is 0 Å². The van der Waals surface area contributed by atoms with Gasteiger partial charge in [-0.25, -0.2) is 0 Å². The van der Waals surface area contributed by atoms with Crippen LogP contribution in [0.2, 0.25) is 0 Å². The van der Waals surface area contributed by atoms with Gasteiger partial charge in [-0.15, -0.1) is 10.1 Å². The van der Waals surface area contributed by atoms with Crippen LogP contribution in [0.25, 0.3) is 0 Å². The standard InChI is InChI=1S/C9H17N3O4/c1-9(2,16-12(14)15)8(13)11-7-3-5-10-6-4-7/h7,10H,3-6H2,1-2H3,(H,11,13). The van der Waals surface area contributed by atoms with Crippen molar-refractivity contribution in [2.75, 3.05) is 13.1 Å². The Bertz CT molecular complexity index is 274. The second kappa shape index (κ2) is 5.11. The zero-order chi connectivity index (χ0) is 12.2. The summed E-state index contributed by atoms with van der Waals surface area (Å²) in [5, 5.41) is 15.2. The van der Waals surface area contributed by atoms with E-state index in [2.05, 4.69) is 15.5 Å². The fraction of sp³-hybridized carbons (Fsp3) is 0.889. The van der Waals surface area contributed by atoms with Crippen LogP contribution in [0, 0.1) is 10.1 Å². The van der Waals surface area contributed by atoms with Crippen molar-refractivity contribution in [2.45, 2.75) is 38.3 Å². The minimum atomic E-state index is -1.44. The SMILES string of the molecule is CC(C)(O[N+](=O)[O-])C(=O)NC1CCNCC1. The Kier molecular flexibility index (Phi) is 4.05. The van der Waals surface area contributed by atoms with E-state index in [1.165, 1.54) is 13.8 Å². The first-order chi connectivity index (χ1) is 7.42. The van der Waals surface area contributed by atoms with Crippen molar-refractivity contribution in [3.8, 4) is 0 Å². The molecule has 0 aromatic rings. The molecule has 7 nitrogen and oxygen atoms in total. The van der Waals surface area contributed by atoms with Gasteiger partial charge >= 0.3 is 0 Å².